The largest absolute Gasteiger partial charge is 0.371 e. The second-order valence-corrected chi connectivity index (χ2v) is 5.72. The second-order valence-electron chi connectivity index (χ2n) is 4.63. The molecule has 90 valence electrons. The van der Waals surface area contributed by atoms with E-state index >= 15 is 0 Å². The van der Waals surface area contributed by atoms with Crippen LogP contribution >= 0.6 is 11.3 Å². The van der Waals surface area contributed by atoms with Gasteiger partial charge in [-0.05, 0) is 12.3 Å². The molecule has 0 radical (unpaired) electrons. The van der Waals surface area contributed by atoms with Gasteiger partial charge in [-0.25, -0.2) is 0 Å². The third-order valence-electron chi connectivity index (χ3n) is 2.77. The van der Waals surface area contributed by atoms with Gasteiger partial charge >= 0.3 is 0 Å². The van der Waals surface area contributed by atoms with Crippen molar-refractivity contribution in [3.8, 4) is 0 Å². The number of hydrogen-bond donors (Lipinski definition) is 1. The fraction of sp³-hybridized carbons (Fsp3) is 0.818. The first-order valence-corrected chi connectivity index (χ1v) is 6.65. The van der Waals surface area contributed by atoms with Crippen LogP contribution in [0.2, 0.25) is 0 Å². The first-order valence-electron chi connectivity index (χ1n) is 5.84. The Kier molecular flexibility index (Phi) is 3.89. The van der Waals surface area contributed by atoms with Crippen LogP contribution in [0.5, 0.6) is 0 Å². The van der Waals surface area contributed by atoms with Crippen molar-refractivity contribution in [1.82, 2.24) is 15.5 Å². The molecule has 2 heterocycles. The van der Waals surface area contributed by atoms with E-state index in [0.29, 0.717) is 12.0 Å². The Labute approximate surface area is 100 Å². The van der Waals surface area contributed by atoms with Crippen LogP contribution in [-0.4, -0.2) is 22.8 Å². The second kappa shape index (κ2) is 5.21. The van der Waals surface area contributed by atoms with Crippen LogP contribution in [0.1, 0.15) is 43.3 Å². The van der Waals surface area contributed by atoms with E-state index in [1.807, 2.05) is 0 Å². The molecule has 5 heteroatoms. The van der Waals surface area contributed by atoms with Gasteiger partial charge in [0.15, 0.2) is 0 Å². The summed E-state index contributed by atoms with van der Waals surface area (Å²) in [4.78, 5) is 0. The average Bonchev–Trinajstić information content (AvgIpc) is 2.83. The summed E-state index contributed by atoms with van der Waals surface area (Å²) in [7, 11) is 0. The number of ether oxygens (including phenoxy) is 1. The Hall–Kier alpha value is -0.520. The van der Waals surface area contributed by atoms with Gasteiger partial charge in [0.25, 0.3) is 0 Å². The molecule has 0 amide bonds. The monoisotopic (exact) mass is 241 g/mol. The molecule has 1 aliphatic heterocycles. The van der Waals surface area contributed by atoms with Crippen LogP contribution in [0.25, 0.3) is 0 Å². The first-order chi connectivity index (χ1) is 7.66. The zero-order chi connectivity index (χ0) is 11.5. The summed E-state index contributed by atoms with van der Waals surface area (Å²) >= 11 is 1.67. The van der Waals surface area contributed by atoms with Crippen molar-refractivity contribution >= 4 is 11.3 Å². The molecule has 2 atom stereocenters. The van der Waals surface area contributed by atoms with Gasteiger partial charge in [-0.15, -0.1) is 10.2 Å². The highest BCUT2D eigenvalue weighted by molar-refractivity contribution is 7.11. The smallest absolute Gasteiger partial charge is 0.146 e. The van der Waals surface area contributed by atoms with Gasteiger partial charge in [0, 0.05) is 19.2 Å². The fourth-order valence-electron chi connectivity index (χ4n) is 1.76. The van der Waals surface area contributed by atoms with E-state index < -0.39 is 0 Å². The molecule has 1 aromatic rings. The highest BCUT2D eigenvalue weighted by Crippen LogP contribution is 2.35. The lowest BCUT2D eigenvalue weighted by atomic mass is 10.1. The number of nitrogens with zero attached hydrogens (tertiary/aromatic N) is 2. The van der Waals surface area contributed by atoms with Crippen molar-refractivity contribution in [2.45, 2.75) is 45.9 Å². The molecule has 1 fully saturated rings. The standard InChI is InChI=1S/C11H19N3OS/c1-7(2)12-6-9-13-14-11(16-9)10-8(3)4-5-15-10/h7-8,10,12H,4-6H2,1-3H3. The van der Waals surface area contributed by atoms with Crippen LogP contribution < -0.4 is 5.32 Å². The maximum atomic E-state index is 5.68. The molecule has 2 rings (SSSR count). The molecule has 1 saturated heterocycles. The van der Waals surface area contributed by atoms with Crippen molar-refractivity contribution in [2.24, 2.45) is 5.92 Å². The minimum atomic E-state index is 0.172. The highest BCUT2D eigenvalue weighted by Gasteiger charge is 2.28. The van der Waals surface area contributed by atoms with Crippen molar-refractivity contribution in [2.75, 3.05) is 6.61 Å². The topological polar surface area (TPSA) is 47.0 Å². The van der Waals surface area contributed by atoms with Crippen molar-refractivity contribution < 1.29 is 4.74 Å². The minimum Gasteiger partial charge on any atom is -0.371 e. The van der Waals surface area contributed by atoms with Crippen molar-refractivity contribution in [3.05, 3.63) is 10.0 Å². The predicted octanol–water partition coefficient (Wildman–Crippen LogP) is 2.13. The summed E-state index contributed by atoms with van der Waals surface area (Å²) < 4.78 is 5.68. The molecular formula is C11H19N3OS. The van der Waals surface area contributed by atoms with Crippen LogP contribution in [0.4, 0.5) is 0 Å². The van der Waals surface area contributed by atoms with E-state index in [-0.39, 0.29) is 6.10 Å². The Bertz CT molecular complexity index is 340. The summed E-state index contributed by atoms with van der Waals surface area (Å²) in [5, 5.41) is 13.8. The number of nitrogens with one attached hydrogen (secondary N) is 1. The average molecular weight is 241 g/mol. The van der Waals surface area contributed by atoms with Gasteiger partial charge in [-0.3, -0.25) is 0 Å². The molecule has 1 aliphatic rings. The maximum Gasteiger partial charge on any atom is 0.146 e. The molecule has 16 heavy (non-hydrogen) atoms. The Morgan fingerprint density at radius 2 is 2.31 bits per heavy atom. The lowest BCUT2D eigenvalue weighted by Gasteiger charge is -2.09. The molecule has 0 spiro atoms. The van der Waals surface area contributed by atoms with E-state index in [2.05, 4.69) is 36.3 Å². The van der Waals surface area contributed by atoms with Gasteiger partial charge in [-0.2, -0.15) is 0 Å². The van der Waals surface area contributed by atoms with Crippen molar-refractivity contribution in [3.63, 3.8) is 0 Å². The van der Waals surface area contributed by atoms with Gasteiger partial charge in [0.05, 0.1) is 0 Å². The Morgan fingerprint density at radius 1 is 1.50 bits per heavy atom. The quantitative estimate of drug-likeness (QED) is 0.877. The molecule has 4 nitrogen and oxygen atoms in total. The molecule has 0 bridgehead atoms. The molecule has 0 aromatic carbocycles. The molecule has 1 N–H and O–H groups in total. The van der Waals surface area contributed by atoms with Crippen molar-refractivity contribution in [1.29, 1.82) is 0 Å². The lowest BCUT2D eigenvalue weighted by molar-refractivity contribution is 0.0937. The van der Waals surface area contributed by atoms with Crippen LogP contribution in [0.3, 0.4) is 0 Å². The zero-order valence-electron chi connectivity index (χ0n) is 10.1. The Morgan fingerprint density at radius 3 is 2.94 bits per heavy atom. The van der Waals surface area contributed by atoms with E-state index in [1.165, 1.54) is 0 Å². The normalized spacial score (nSPS) is 25.5. The summed E-state index contributed by atoms with van der Waals surface area (Å²) in [6, 6.07) is 0.481. The van der Waals surface area contributed by atoms with Crippen LogP contribution in [0.15, 0.2) is 0 Å². The third-order valence-corrected chi connectivity index (χ3v) is 3.76. The molecule has 1 aromatic heterocycles. The van der Waals surface area contributed by atoms with Crippen LogP contribution in [0, 0.1) is 5.92 Å². The molecule has 2 unspecified atom stereocenters. The number of rotatable bonds is 4. The van der Waals surface area contributed by atoms with Gasteiger partial charge in [-0.1, -0.05) is 32.1 Å². The van der Waals surface area contributed by atoms with Crippen LogP contribution in [-0.2, 0) is 11.3 Å². The molecular weight excluding hydrogens is 222 g/mol. The van der Waals surface area contributed by atoms with E-state index in [4.69, 9.17) is 4.74 Å². The number of hydrogen-bond acceptors (Lipinski definition) is 5. The van der Waals surface area contributed by atoms with E-state index in [9.17, 15) is 0 Å². The predicted molar refractivity (Wildman–Crippen MR) is 64.4 cm³/mol. The fourth-order valence-corrected chi connectivity index (χ4v) is 2.73. The summed E-state index contributed by atoms with van der Waals surface area (Å²) in [6.07, 6.45) is 1.30. The van der Waals surface area contributed by atoms with E-state index in [0.717, 1.165) is 29.6 Å². The first kappa shape index (κ1) is 12.0. The van der Waals surface area contributed by atoms with E-state index in [1.54, 1.807) is 11.3 Å². The molecule has 0 saturated carbocycles. The van der Waals surface area contributed by atoms with Gasteiger partial charge in [0.1, 0.15) is 16.1 Å². The summed E-state index contributed by atoms with van der Waals surface area (Å²) in [5.41, 5.74) is 0. The Balaban J connectivity index is 1.96. The lowest BCUT2D eigenvalue weighted by Crippen LogP contribution is -2.21. The molecule has 0 aliphatic carbocycles. The minimum absolute atomic E-state index is 0.172. The summed E-state index contributed by atoms with van der Waals surface area (Å²) in [6.45, 7) is 8.13. The van der Waals surface area contributed by atoms with Gasteiger partial charge in [0.2, 0.25) is 0 Å². The number of aromatic nitrogens is 2. The zero-order valence-corrected chi connectivity index (χ0v) is 10.9. The third kappa shape index (κ3) is 2.78. The summed E-state index contributed by atoms with van der Waals surface area (Å²) in [5.74, 6) is 0.568. The highest BCUT2D eigenvalue weighted by atomic mass is 32.1. The SMILES string of the molecule is CC(C)NCc1nnc(C2OCCC2C)s1. The van der Waals surface area contributed by atoms with Gasteiger partial charge < -0.3 is 10.1 Å². The maximum absolute atomic E-state index is 5.68.